The average Bonchev–Trinajstić information content (AvgIpc) is 3.42. The first-order valence-electron chi connectivity index (χ1n) is 10.3. The molecule has 1 amide bonds. The van der Waals surface area contributed by atoms with Crippen LogP contribution in [-0.4, -0.2) is 55.7 Å². The number of unbranched alkanes of at least 4 members (excludes halogenated alkanes) is 2. The lowest BCUT2D eigenvalue weighted by Crippen LogP contribution is -2.29. The first kappa shape index (κ1) is 22.0. The highest BCUT2D eigenvalue weighted by atomic mass is 19.3. The molecular weight excluding hydrogens is 392 g/mol. The number of nitrogens with zero attached hydrogens (tertiary/aromatic N) is 4. The molecule has 3 rings (SSSR count). The van der Waals surface area contributed by atoms with Crippen molar-refractivity contribution in [2.24, 2.45) is 0 Å². The van der Waals surface area contributed by atoms with Crippen LogP contribution in [-0.2, 0) is 10.7 Å². The highest BCUT2D eigenvalue weighted by Crippen LogP contribution is 2.33. The van der Waals surface area contributed by atoms with Crippen LogP contribution in [0.2, 0.25) is 0 Å². The van der Waals surface area contributed by atoms with Crippen LogP contribution in [0.4, 0.5) is 8.78 Å². The number of nitrogens with one attached hydrogen (secondary N) is 1. The van der Waals surface area contributed by atoms with Crippen molar-refractivity contribution < 1.29 is 18.7 Å². The van der Waals surface area contributed by atoms with E-state index in [1.54, 1.807) is 6.07 Å². The van der Waals surface area contributed by atoms with E-state index in [0.29, 0.717) is 18.7 Å². The molecule has 7 nitrogen and oxygen atoms in total. The van der Waals surface area contributed by atoms with E-state index in [9.17, 15) is 18.7 Å². The minimum atomic E-state index is -3.40. The van der Waals surface area contributed by atoms with Gasteiger partial charge in [-0.3, -0.25) is 4.79 Å². The van der Waals surface area contributed by atoms with E-state index in [2.05, 4.69) is 20.6 Å². The van der Waals surface area contributed by atoms with Gasteiger partial charge < -0.3 is 10.0 Å². The number of H-pyrrole nitrogens is 1. The highest BCUT2D eigenvalue weighted by Gasteiger charge is 2.38. The van der Waals surface area contributed by atoms with E-state index in [-0.39, 0.29) is 17.4 Å². The Labute approximate surface area is 174 Å². The van der Waals surface area contributed by atoms with Gasteiger partial charge in [-0.2, -0.15) is 14.0 Å². The number of aliphatic hydroxyl groups is 1. The van der Waals surface area contributed by atoms with Crippen LogP contribution < -0.4 is 0 Å². The van der Waals surface area contributed by atoms with Crippen molar-refractivity contribution in [1.29, 1.82) is 0 Å². The number of aliphatic hydroxyl groups excluding tert-OH is 1. The molecule has 9 heteroatoms. The number of aromatic nitrogens is 4. The van der Waals surface area contributed by atoms with Crippen molar-refractivity contribution in [1.82, 2.24) is 25.5 Å². The molecule has 1 fully saturated rings. The van der Waals surface area contributed by atoms with Gasteiger partial charge in [0.15, 0.2) is 5.82 Å². The van der Waals surface area contributed by atoms with Gasteiger partial charge in [-0.15, -0.1) is 10.2 Å². The standard InChI is InChI=1S/C21H27F2N5O2/c22-21(23,17-9-4-1-5-10-17)18(29)13-12-16(20-24-26-27-25-20)8-3-2-6-14-28-15-7-11-19(28)30/h1,4-5,9-10,12-13,16,18,29H,2-3,6-8,11,14-15H2,(H,24,25,26,27)/t16?,18-/m1/s1. The van der Waals surface area contributed by atoms with Crippen LogP contribution in [0.3, 0.4) is 0 Å². The molecular formula is C21H27F2N5O2. The molecule has 0 saturated carbocycles. The predicted octanol–water partition coefficient (Wildman–Crippen LogP) is 3.18. The smallest absolute Gasteiger partial charge is 0.302 e. The van der Waals surface area contributed by atoms with Crippen LogP contribution in [0, 0.1) is 0 Å². The maximum absolute atomic E-state index is 14.5. The third-order valence-electron chi connectivity index (χ3n) is 5.36. The molecule has 1 saturated heterocycles. The Morgan fingerprint density at radius 1 is 1.20 bits per heavy atom. The molecule has 162 valence electrons. The number of hydrogen-bond donors (Lipinski definition) is 2. The molecule has 2 atom stereocenters. The lowest BCUT2D eigenvalue weighted by Gasteiger charge is -2.21. The lowest BCUT2D eigenvalue weighted by atomic mass is 9.97. The van der Waals surface area contributed by atoms with Gasteiger partial charge in [0.05, 0.1) is 0 Å². The first-order chi connectivity index (χ1) is 14.5. The fourth-order valence-corrected chi connectivity index (χ4v) is 3.61. The third kappa shape index (κ3) is 5.69. The molecule has 1 aliphatic heterocycles. The zero-order chi connectivity index (χ0) is 21.4. The zero-order valence-electron chi connectivity index (χ0n) is 16.8. The van der Waals surface area contributed by atoms with E-state index < -0.39 is 12.0 Å². The van der Waals surface area contributed by atoms with Gasteiger partial charge in [0.2, 0.25) is 5.91 Å². The molecule has 0 radical (unpaired) electrons. The van der Waals surface area contributed by atoms with Crippen LogP contribution in [0.5, 0.6) is 0 Å². The number of benzene rings is 1. The number of amides is 1. The number of alkyl halides is 2. The first-order valence-corrected chi connectivity index (χ1v) is 10.3. The molecule has 0 bridgehead atoms. The molecule has 2 aromatic rings. The summed E-state index contributed by atoms with van der Waals surface area (Å²) in [6.45, 7) is 1.59. The fraction of sp³-hybridized carbons (Fsp3) is 0.524. The van der Waals surface area contributed by atoms with Gasteiger partial charge >= 0.3 is 5.92 Å². The third-order valence-corrected chi connectivity index (χ3v) is 5.36. The van der Waals surface area contributed by atoms with E-state index in [1.165, 1.54) is 30.3 Å². The summed E-state index contributed by atoms with van der Waals surface area (Å²) in [6.07, 6.45) is 5.48. The maximum Gasteiger partial charge on any atom is 0.302 e. The highest BCUT2D eigenvalue weighted by molar-refractivity contribution is 5.77. The number of rotatable bonds is 11. The van der Waals surface area contributed by atoms with E-state index in [4.69, 9.17) is 0 Å². The molecule has 0 aliphatic carbocycles. The molecule has 2 N–H and O–H groups in total. The summed E-state index contributed by atoms with van der Waals surface area (Å²) in [7, 11) is 0. The number of carbonyl (C=O) groups excluding carboxylic acids is 1. The SMILES string of the molecule is O=C1CCCN1CCCCCC(C=C[C@@H](O)C(F)(F)c1ccccc1)c1nn[nH]n1. The Balaban J connectivity index is 1.54. The van der Waals surface area contributed by atoms with E-state index >= 15 is 0 Å². The number of tetrazole rings is 1. The summed E-state index contributed by atoms with van der Waals surface area (Å²) < 4.78 is 29.0. The molecule has 2 heterocycles. The maximum atomic E-state index is 14.5. The van der Waals surface area contributed by atoms with Gasteiger partial charge in [-0.25, -0.2) is 0 Å². The fourth-order valence-electron chi connectivity index (χ4n) is 3.61. The number of likely N-dealkylation sites (tertiary alicyclic amines) is 1. The Hall–Kier alpha value is -2.68. The Morgan fingerprint density at radius 2 is 2.00 bits per heavy atom. The quantitative estimate of drug-likeness (QED) is 0.431. The number of aromatic amines is 1. The minimum Gasteiger partial charge on any atom is -0.382 e. The Bertz CT molecular complexity index is 814. The second kappa shape index (κ2) is 10.4. The monoisotopic (exact) mass is 419 g/mol. The van der Waals surface area contributed by atoms with Gasteiger partial charge in [0.25, 0.3) is 0 Å². The van der Waals surface area contributed by atoms with Crippen LogP contribution >= 0.6 is 0 Å². The predicted molar refractivity (Wildman–Crippen MR) is 107 cm³/mol. The molecule has 0 spiro atoms. The summed E-state index contributed by atoms with van der Waals surface area (Å²) in [6, 6.07) is 7.25. The average molecular weight is 419 g/mol. The van der Waals surface area contributed by atoms with Crippen molar-refractivity contribution in [3.63, 3.8) is 0 Å². The van der Waals surface area contributed by atoms with Crippen LogP contribution in [0.1, 0.15) is 55.8 Å². The van der Waals surface area contributed by atoms with Crippen molar-refractivity contribution >= 4 is 5.91 Å². The Kier molecular flexibility index (Phi) is 7.62. The second-order valence-electron chi connectivity index (χ2n) is 7.53. The molecule has 1 aromatic heterocycles. The van der Waals surface area contributed by atoms with E-state index in [0.717, 1.165) is 44.8 Å². The Morgan fingerprint density at radius 3 is 2.67 bits per heavy atom. The second-order valence-corrected chi connectivity index (χ2v) is 7.53. The normalized spacial score (nSPS) is 17.0. The summed E-state index contributed by atoms with van der Waals surface area (Å²) in [5.41, 5.74) is -0.241. The van der Waals surface area contributed by atoms with Crippen LogP contribution in [0.25, 0.3) is 0 Å². The summed E-state index contributed by atoms with van der Waals surface area (Å²) in [5, 5.41) is 24.0. The van der Waals surface area contributed by atoms with Crippen molar-refractivity contribution in [2.75, 3.05) is 13.1 Å². The van der Waals surface area contributed by atoms with Gasteiger partial charge in [0.1, 0.15) is 6.10 Å². The van der Waals surface area contributed by atoms with E-state index in [1.807, 2.05) is 4.90 Å². The van der Waals surface area contributed by atoms with Gasteiger partial charge in [0, 0.05) is 31.0 Å². The van der Waals surface area contributed by atoms with Gasteiger partial charge in [-0.1, -0.05) is 60.5 Å². The number of carbonyl (C=O) groups is 1. The molecule has 1 unspecified atom stereocenters. The van der Waals surface area contributed by atoms with Crippen LogP contribution in [0.15, 0.2) is 42.5 Å². The van der Waals surface area contributed by atoms with Crippen molar-refractivity contribution in [3.8, 4) is 0 Å². The van der Waals surface area contributed by atoms with Crippen molar-refractivity contribution in [3.05, 3.63) is 53.9 Å². The van der Waals surface area contributed by atoms with Gasteiger partial charge in [-0.05, 0) is 19.3 Å². The van der Waals surface area contributed by atoms with Crippen molar-refractivity contribution in [2.45, 2.75) is 56.5 Å². The summed E-state index contributed by atoms with van der Waals surface area (Å²) in [5.74, 6) is -3.12. The molecule has 1 aromatic carbocycles. The minimum absolute atomic E-state index is 0.218. The lowest BCUT2D eigenvalue weighted by molar-refractivity contribution is -0.127. The summed E-state index contributed by atoms with van der Waals surface area (Å²) >= 11 is 0. The number of halogens is 2. The summed E-state index contributed by atoms with van der Waals surface area (Å²) in [4.78, 5) is 13.5. The largest absolute Gasteiger partial charge is 0.382 e. The number of hydrogen-bond acceptors (Lipinski definition) is 5. The topological polar surface area (TPSA) is 95.0 Å². The molecule has 1 aliphatic rings. The number of allylic oxidation sites excluding steroid dienone is 1. The molecule has 30 heavy (non-hydrogen) atoms. The zero-order valence-corrected chi connectivity index (χ0v) is 16.8.